The molecule has 0 aliphatic carbocycles. The first-order valence-electron chi connectivity index (χ1n) is 10.6. The van der Waals surface area contributed by atoms with E-state index in [4.69, 9.17) is 11.5 Å². The van der Waals surface area contributed by atoms with Crippen LogP contribution in [0.25, 0.3) is 11.1 Å². The van der Waals surface area contributed by atoms with Crippen LogP contribution in [0, 0.1) is 0 Å². The number of hydrogen-bond acceptors (Lipinski definition) is 8. The third kappa shape index (κ3) is 10.8. The first kappa shape index (κ1) is 31.8. The van der Waals surface area contributed by atoms with Crippen molar-refractivity contribution in [3.05, 3.63) is 36.4 Å². The molecular weight excluding hydrogens is 480 g/mol. The summed E-state index contributed by atoms with van der Waals surface area (Å²) in [6.45, 7) is 8.81. The Morgan fingerprint density at radius 1 is 0.647 bits per heavy atom. The molecule has 0 fully saturated rings. The van der Waals surface area contributed by atoms with Crippen LogP contribution in [0.3, 0.4) is 0 Å². The number of nitrogen functional groups attached to an aromatic ring is 2. The minimum absolute atomic E-state index is 0.000139. The van der Waals surface area contributed by atoms with Gasteiger partial charge in [0.15, 0.2) is 0 Å². The molecule has 0 aliphatic heterocycles. The van der Waals surface area contributed by atoms with Gasteiger partial charge in [0.25, 0.3) is 0 Å². The number of hydrogen-bond donors (Lipinski definition) is 4. The summed E-state index contributed by atoms with van der Waals surface area (Å²) in [5.74, 6) is 0. The van der Waals surface area contributed by atoms with Crippen LogP contribution in [0.1, 0.15) is 27.7 Å². The Kier molecular flexibility index (Phi) is 12.2. The second-order valence-corrected chi connectivity index (χ2v) is 11.6. The molecule has 0 heterocycles. The van der Waals surface area contributed by atoms with E-state index in [1.165, 1.54) is 21.9 Å². The van der Waals surface area contributed by atoms with E-state index in [-0.39, 0.29) is 22.5 Å². The van der Waals surface area contributed by atoms with Gasteiger partial charge in [-0.25, -0.2) is 16.8 Å². The maximum atomic E-state index is 11.3. The number of anilines is 2. The molecule has 0 spiro atoms. The lowest BCUT2D eigenvalue weighted by atomic mass is 10.0. The summed E-state index contributed by atoms with van der Waals surface area (Å²) in [5, 5.41) is 0. The number of benzene rings is 2. The van der Waals surface area contributed by atoms with Crippen molar-refractivity contribution in [2.45, 2.75) is 49.6 Å². The Balaban J connectivity index is 0.000000750. The van der Waals surface area contributed by atoms with Gasteiger partial charge in [-0.05, 0) is 52.0 Å². The summed E-state index contributed by atoms with van der Waals surface area (Å²) < 4.78 is 68.1. The van der Waals surface area contributed by atoms with Gasteiger partial charge in [0.2, 0.25) is 0 Å². The number of quaternary nitrogens is 2. The molecule has 2 rings (SSSR count). The van der Waals surface area contributed by atoms with Crippen LogP contribution in [0.5, 0.6) is 0 Å². The maximum absolute atomic E-state index is 11.3. The van der Waals surface area contributed by atoms with Crippen molar-refractivity contribution in [1.29, 1.82) is 0 Å². The van der Waals surface area contributed by atoms with Gasteiger partial charge in [0, 0.05) is 22.5 Å². The molecule has 0 bridgehead atoms. The quantitative estimate of drug-likeness (QED) is 0.300. The molecule has 34 heavy (non-hydrogen) atoms. The molecule has 0 aliphatic rings. The monoisotopic (exact) mass is 518 g/mol. The topological polar surface area (TPSA) is 175 Å². The minimum atomic E-state index is -4.93. The summed E-state index contributed by atoms with van der Waals surface area (Å²) >= 11 is 0. The van der Waals surface area contributed by atoms with Gasteiger partial charge in [-0.3, -0.25) is 0 Å². The maximum Gasteiger partial charge on any atom is 0.125 e. The number of rotatable bonds is 5. The van der Waals surface area contributed by atoms with Crippen molar-refractivity contribution in [2.24, 2.45) is 0 Å². The van der Waals surface area contributed by atoms with Gasteiger partial charge in [0.1, 0.15) is 20.2 Å². The van der Waals surface area contributed by atoms with E-state index in [1.807, 2.05) is 0 Å². The minimum Gasteiger partial charge on any atom is -0.744 e. The predicted octanol–water partition coefficient (Wildman–Crippen LogP) is -0.595. The first-order valence-corrected chi connectivity index (χ1v) is 13.4. The molecule has 0 atom stereocenters. The smallest absolute Gasteiger partial charge is 0.125 e. The van der Waals surface area contributed by atoms with Gasteiger partial charge in [0.05, 0.1) is 50.1 Å². The Labute approximate surface area is 204 Å². The molecular formula is C22H38N4O6S2. The van der Waals surface area contributed by atoms with Crippen LogP contribution in [-0.2, 0) is 20.2 Å². The zero-order chi connectivity index (χ0) is 27.0. The van der Waals surface area contributed by atoms with Gasteiger partial charge >= 0.3 is 0 Å². The molecule has 2 aromatic carbocycles. The molecule has 0 unspecified atom stereocenters. The molecule has 194 valence electrons. The predicted molar refractivity (Wildman–Crippen MR) is 133 cm³/mol. The SMILES string of the molecule is CC(C)[NH+](C)C.CC(C)[NH+](C)C.Nc1ccc(-c2ccc(N)cc2S(=O)(=O)[O-])c(S(=O)(=O)[O-])c1. The lowest BCUT2D eigenvalue weighted by Gasteiger charge is -2.18. The summed E-state index contributed by atoms with van der Waals surface area (Å²) in [7, 11) is -1.24. The average Bonchev–Trinajstić information content (AvgIpc) is 2.67. The standard InChI is InChI=1S/C12H12N2O6S2.2C5H13N/c13-7-1-3-9(11(5-7)21(15,16)17)10-4-2-8(14)6-12(10)22(18,19)20;2*1-5(2)6(3)4/h1-6H,13-14H2,(H,15,16,17)(H,18,19,20);2*5H,1-4H3. The Bertz CT molecular complexity index is 1040. The van der Waals surface area contributed by atoms with E-state index in [0.29, 0.717) is 0 Å². The van der Waals surface area contributed by atoms with E-state index >= 15 is 0 Å². The molecule has 2 aromatic rings. The fourth-order valence-corrected chi connectivity index (χ4v) is 3.39. The Morgan fingerprint density at radius 2 is 0.882 bits per heavy atom. The van der Waals surface area contributed by atoms with Gasteiger partial charge in [-0.1, -0.05) is 12.1 Å². The second kappa shape index (κ2) is 13.0. The van der Waals surface area contributed by atoms with Crippen LogP contribution in [0.15, 0.2) is 46.2 Å². The Morgan fingerprint density at radius 3 is 1.06 bits per heavy atom. The van der Waals surface area contributed by atoms with Crippen molar-refractivity contribution in [3.63, 3.8) is 0 Å². The van der Waals surface area contributed by atoms with Crippen molar-refractivity contribution >= 4 is 31.6 Å². The molecule has 0 saturated heterocycles. The third-order valence-electron chi connectivity index (χ3n) is 5.15. The molecule has 6 N–H and O–H groups in total. The molecule has 12 heteroatoms. The van der Waals surface area contributed by atoms with E-state index < -0.39 is 30.0 Å². The second-order valence-electron chi connectivity index (χ2n) is 8.88. The van der Waals surface area contributed by atoms with Gasteiger partial charge in [-0.15, -0.1) is 0 Å². The first-order chi connectivity index (χ1) is 15.3. The van der Waals surface area contributed by atoms with Gasteiger partial charge in [-0.2, -0.15) is 0 Å². The van der Waals surface area contributed by atoms with Crippen molar-refractivity contribution < 1.29 is 35.7 Å². The fraction of sp³-hybridized carbons (Fsp3) is 0.455. The lowest BCUT2D eigenvalue weighted by molar-refractivity contribution is -0.881. The highest BCUT2D eigenvalue weighted by Gasteiger charge is 2.17. The number of nitrogens with two attached hydrogens (primary N) is 2. The van der Waals surface area contributed by atoms with Crippen molar-refractivity contribution in [1.82, 2.24) is 0 Å². The van der Waals surface area contributed by atoms with E-state index in [2.05, 4.69) is 55.9 Å². The van der Waals surface area contributed by atoms with E-state index in [0.717, 1.165) is 36.3 Å². The largest absolute Gasteiger partial charge is 0.744 e. The lowest BCUT2D eigenvalue weighted by Crippen LogP contribution is -3.09. The van der Waals surface area contributed by atoms with Crippen molar-refractivity contribution in [2.75, 3.05) is 39.7 Å². The highest BCUT2D eigenvalue weighted by Crippen LogP contribution is 2.34. The third-order valence-corrected chi connectivity index (χ3v) is 6.90. The molecule has 0 saturated carbocycles. The fourth-order valence-electron chi connectivity index (χ4n) is 1.94. The Hall–Kier alpha value is -2.22. The van der Waals surface area contributed by atoms with Crippen LogP contribution in [-0.4, -0.2) is 66.2 Å². The zero-order valence-electron chi connectivity index (χ0n) is 21.0. The summed E-state index contributed by atoms with van der Waals surface area (Å²) in [5.41, 5.74) is 10.4. The van der Waals surface area contributed by atoms with Gasteiger partial charge < -0.3 is 30.4 Å². The van der Waals surface area contributed by atoms with Crippen LogP contribution < -0.4 is 21.3 Å². The summed E-state index contributed by atoms with van der Waals surface area (Å²) in [6.07, 6.45) is 0. The molecule has 0 amide bonds. The van der Waals surface area contributed by atoms with E-state index in [1.54, 1.807) is 0 Å². The highest BCUT2D eigenvalue weighted by atomic mass is 32.2. The summed E-state index contributed by atoms with van der Waals surface area (Å²) in [6, 6.07) is 8.20. The van der Waals surface area contributed by atoms with Crippen LogP contribution >= 0.6 is 0 Å². The van der Waals surface area contributed by atoms with E-state index in [9.17, 15) is 25.9 Å². The average molecular weight is 519 g/mol. The van der Waals surface area contributed by atoms with Crippen LogP contribution in [0.4, 0.5) is 11.4 Å². The zero-order valence-corrected chi connectivity index (χ0v) is 22.7. The molecule has 0 radical (unpaired) electrons. The highest BCUT2D eigenvalue weighted by molar-refractivity contribution is 7.86. The molecule has 10 nitrogen and oxygen atoms in total. The van der Waals surface area contributed by atoms with Crippen LogP contribution in [0.2, 0.25) is 0 Å². The van der Waals surface area contributed by atoms with Crippen molar-refractivity contribution in [3.8, 4) is 11.1 Å². The molecule has 0 aromatic heterocycles. The summed E-state index contributed by atoms with van der Waals surface area (Å²) in [4.78, 5) is 1.58. The normalized spacial score (nSPS) is 11.8. The number of nitrogens with one attached hydrogen (secondary N) is 2.